The van der Waals surface area contributed by atoms with Gasteiger partial charge in [-0.25, -0.2) is 15.0 Å². The summed E-state index contributed by atoms with van der Waals surface area (Å²) in [5.74, 6) is 1.98. The fraction of sp³-hybridized carbons (Fsp3) is 0. The number of benzene rings is 7. The Bertz CT molecular complexity index is 2440. The van der Waals surface area contributed by atoms with Crippen molar-refractivity contribution in [3.05, 3.63) is 140 Å². The molecule has 0 atom stereocenters. The maximum Gasteiger partial charge on any atom is 0.164 e. The van der Waals surface area contributed by atoms with E-state index in [9.17, 15) is 0 Å². The molecule has 0 saturated heterocycles. The van der Waals surface area contributed by atoms with Gasteiger partial charge in [-0.05, 0) is 33.7 Å². The van der Waals surface area contributed by atoms with Crippen LogP contribution in [0.4, 0.5) is 0 Å². The Labute approximate surface area is 247 Å². The molecule has 0 bridgehead atoms. The molecular weight excluding hydrogens is 524 g/mol. The summed E-state index contributed by atoms with van der Waals surface area (Å²) < 4.78 is 0. The summed E-state index contributed by atoms with van der Waals surface area (Å²) >= 11 is 0. The Morgan fingerprint density at radius 2 is 0.884 bits per heavy atom. The lowest BCUT2D eigenvalue weighted by Crippen LogP contribution is -2.00. The molecule has 2 aromatic heterocycles. The van der Waals surface area contributed by atoms with E-state index >= 15 is 0 Å². The topological polar surface area (TPSA) is 54.5 Å². The van der Waals surface area contributed by atoms with Crippen molar-refractivity contribution in [2.75, 3.05) is 0 Å². The molecule has 0 fully saturated rings. The summed E-state index contributed by atoms with van der Waals surface area (Å²) in [6, 6.07) is 48.5. The van der Waals surface area contributed by atoms with Gasteiger partial charge in [-0.2, -0.15) is 0 Å². The van der Waals surface area contributed by atoms with E-state index in [2.05, 4.69) is 83.8 Å². The quantitative estimate of drug-likeness (QED) is 0.224. The molecule has 9 aromatic rings. The first-order valence-electron chi connectivity index (χ1n) is 14.5. The Kier molecular flexibility index (Phi) is 5.16. The summed E-state index contributed by atoms with van der Waals surface area (Å²) in [4.78, 5) is 18.9. The van der Waals surface area contributed by atoms with Crippen molar-refractivity contribution in [2.24, 2.45) is 0 Å². The van der Waals surface area contributed by atoms with E-state index in [4.69, 9.17) is 15.0 Å². The zero-order valence-electron chi connectivity index (χ0n) is 23.1. The highest BCUT2D eigenvalue weighted by Crippen LogP contribution is 2.44. The predicted octanol–water partition coefficient (Wildman–Crippen LogP) is 9.97. The SMILES string of the molecule is c1ccc(-c2nc(-c3ccccc3)nc(-c3cc4c5ccccc5c5[nH]c6ccccc6c5c4c4ccccc34)n2)cc1. The first-order chi connectivity index (χ1) is 21.3. The molecule has 0 amide bonds. The lowest BCUT2D eigenvalue weighted by atomic mass is 9.90. The Balaban J connectivity index is 1.45. The van der Waals surface area contributed by atoms with Crippen LogP contribution in [-0.2, 0) is 0 Å². The maximum absolute atomic E-state index is 5.11. The van der Waals surface area contributed by atoms with E-state index in [0.29, 0.717) is 17.5 Å². The van der Waals surface area contributed by atoms with Crippen LogP contribution in [0.15, 0.2) is 140 Å². The van der Waals surface area contributed by atoms with Crippen LogP contribution in [-0.4, -0.2) is 19.9 Å². The fourth-order valence-electron chi connectivity index (χ4n) is 6.51. The van der Waals surface area contributed by atoms with Gasteiger partial charge in [0.1, 0.15) is 0 Å². The molecule has 0 saturated carbocycles. The van der Waals surface area contributed by atoms with Crippen LogP contribution in [0.1, 0.15) is 0 Å². The zero-order valence-corrected chi connectivity index (χ0v) is 23.1. The zero-order chi connectivity index (χ0) is 28.3. The summed E-state index contributed by atoms with van der Waals surface area (Å²) in [7, 11) is 0. The molecule has 0 radical (unpaired) electrons. The summed E-state index contributed by atoms with van der Waals surface area (Å²) in [6.07, 6.45) is 0. The molecule has 1 N–H and O–H groups in total. The van der Waals surface area contributed by atoms with Crippen LogP contribution in [0.5, 0.6) is 0 Å². The third-order valence-corrected chi connectivity index (χ3v) is 8.43. The maximum atomic E-state index is 5.11. The van der Waals surface area contributed by atoms with Crippen LogP contribution < -0.4 is 0 Å². The molecule has 43 heavy (non-hydrogen) atoms. The molecule has 9 rings (SSSR count). The minimum absolute atomic E-state index is 0.658. The normalized spacial score (nSPS) is 11.7. The van der Waals surface area contributed by atoms with Crippen LogP contribution >= 0.6 is 0 Å². The minimum atomic E-state index is 0.658. The van der Waals surface area contributed by atoms with Crippen molar-refractivity contribution in [2.45, 2.75) is 0 Å². The highest BCUT2D eigenvalue weighted by Gasteiger charge is 2.20. The van der Waals surface area contributed by atoms with Gasteiger partial charge in [-0.3, -0.25) is 0 Å². The van der Waals surface area contributed by atoms with Gasteiger partial charge in [0.15, 0.2) is 17.5 Å². The fourth-order valence-corrected chi connectivity index (χ4v) is 6.51. The van der Waals surface area contributed by atoms with Gasteiger partial charge in [0, 0.05) is 43.8 Å². The lowest BCUT2D eigenvalue weighted by molar-refractivity contribution is 1.08. The number of nitrogens with zero attached hydrogens (tertiary/aromatic N) is 3. The molecule has 4 heteroatoms. The van der Waals surface area contributed by atoms with Crippen molar-refractivity contribution in [1.82, 2.24) is 19.9 Å². The third kappa shape index (κ3) is 3.67. The molecular formula is C39H24N4. The first-order valence-corrected chi connectivity index (χ1v) is 14.5. The highest BCUT2D eigenvalue weighted by molar-refractivity contribution is 6.37. The Hall–Kier alpha value is -5.87. The van der Waals surface area contributed by atoms with Crippen molar-refractivity contribution in [3.63, 3.8) is 0 Å². The van der Waals surface area contributed by atoms with Gasteiger partial charge in [0.05, 0.1) is 5.52 Å². The number of rotatable bonds is 3. The van der Waals surface area contributed by atoms with Gasteiger partial charge in [-0.1, -0.05) is 127 Å². The monoisotopic (exact) mass is 548 g/mol. The van der Waals surface area contributed by atoms with Gasteiger partial charge in [0.2, 0.25) is 0 Å². The average molecular weight is 549 g/mol. The number of fused-ring (bicyclic) bond motifs is 10. The van der Waals surface area contributed by atoms with Crippen molar-refractivity contribution < 1.29 is 0 Å². The molecule has 0 aliphatic heterocycles. The van der Waals surface area contributed by atoms with E-state index in [1.54, 1.807) is 0 Å². The van der Waals surface area contributed by atoms with Crippen molar-refractivity contribution in [3.8, 4) is 34.2 Å². The molecule has 200 valence electrons. The van der Waals surface area contributed by atoms with E-state index in [0.717, 1.165) is 27.6 Å². The first kappa shape index (κ1) is 23.8. The van der Waals surface area contributed by atoms with Gasteiger partial charge in [-0.15, -0.1) is 0 Å². The summed E-state index contributed by atoms with van der Waals surface area (Å²) in [6.45, 7) is 0. The van der Waals surface area contributed by atoms with Crippen molar-refractivity contribution >= 4 is 54.1 Å². The number of hydrogen-bond donors (Lipinski definition) is 1. The third-order valence-electron chi connectivity index (χ3n) is 8.43. The largest absolute Gasteiger partial charge is 0.354 e. The van der Waals surface area contributed by atoms with Crippen LogP contribution in [0, 0.1) is 0 Å². The highest BCUT2D eigenvalue weighted by atomic mass is 15.0. The number of nitrogens with one attached hydrogen (secondary N) is 1. The molecule has 0 spiro atoms. The van der Waals surface area contributed by atoms with Crippen molar-refractivity contribution in [1.29, 1.82) is 0 Å². The number of hydrogen-bond acceptors (Lipinski definition) is 3. The molecule has 2 heterocycles. The molecule has 0 unspecified atom stereocenters. The van der Waals surface area contributed by atoms with Gasteiger partial charge < -0.3 is 4.98 Å². The van der Waals surface area contributed by atoms with E-state index in [1.165, 1.54) is 43.2 Å². The van der Waals surface area contributed by atoms with E-state index < -0.39 is 0 Å². The summed E-state index contributed by atoms with van der Waals surface area (Å²) in [5.41, 5.74) is 5.21. The number of aromatic nitrogens is 4. The molecule has 4 nitrogen and oxygen atoms in total. The Morgan fingerprint density at radius 3 is 1.56 bits per heavy atom. The lowest BCUT2D eigenvalue weighted by Gasteiger charge is -2.15. The number of H-pyrrole nitrogens is 1. The Morgan fingerprint density at radius 1 is 0.372 bits per heavy atom. The summed E-state index contributed by atoms with van der Waals surface area (Å²) in [5, 5.41) is 9.59. The van der Waals surface area contributed by atoms with E-state index in [-0.39, 0.29) is 0 Å². The van der Waals surface area contributed by atoms with Gasteiger partial charge >= 0.3 is 0 Å². The molecule has 0 aliphatic carbocycles. The van der Waals surface area contributed by atoms with Crippen LogP contribution in [0.3, 0.4) is 0 Å². The van der Waals surface area contributed by atoms with Crippen LogP contribution in [0.2, 0.25) is 0 Å². The second-order valence-corrected chi connectivity index (χ2v) is 10.9. The number of aromatic amines is 1. The van der Waals surface area contributed by atoms with E-state index in [1.807, 2.05) is 60.7 Å². The smallest absolute Gasteiger partial charge is 0.164 e. The second-order valence-electron chi connectivity index (χ2n) is 10.9. The standard InChI is InChI=1S/C39H24N4/c1-3-13-24(14-4-1)37-41-38(25-15-5-2-6-16-25)43-39(42-37)32-23-31-27-18-8-10-20-29(27)36-35(30-21-11-12-22-33(30)40-36)34(31)28-19-9-7-17-26(28)32/h1-23,40H. The van der Waals surface area contributed by atoms with Crippen LogP contribution in [0.25, 0.3) is 88.3 Å². The van der Waals surface area contributed by atoms with Gasteiger partial charge in [0.25, 0.3) is 0 Å². The average Bonchev–Trinajstić information content (AvgIpc) is 3.48. The second kappa shape index (κ2) is 9.33. The predicted molar refractivity (Wildman–Crippen MR) is 178 cm³/mol. The molecule has 7 aromatic carbocycles. The molecule has 0 aliphatic rings. The number of para-hydroxylation sites is 1. The minimum Gasteiger partial charge on any atom is -0.354 e.